The van der Waals surface area contributed by atoms with Crippen LogP contribution in [0, 0.1) is 11.8 Å². The molecule has 34 heavy (non-hydrogen) atoms. The second-order valence-electron chi connectivity index (χ2n) is 9.45. The smallest absolute Gasteiger partial charge is 0.240 e. The Labute approximate surface area is 204 Å². The highest BCUT2D eigenvalue weighted by Crippen LogP contribution is 2.24. The lowest BCUT2D eigenvalue weighted by atomic mass is 10.0. The second kappa shape index (κ2) is 12.9. The van der Waals surface area contributed by atoms with Gasteiger partial charge in [0, 0.05) is 13.0 Å². The molecule has 0 aromatic heterocycles. The highest BCUT2D eigenvalue weighted by Gasteiger charge is 2.26. The number of ether oxygens (including phenoxy) is 1. The van der Waals surface area contributed by atoms with Gasteiger partial charge in [-0.2, -0.15) is 0 Å². The third-order valence-electron chi connectivity index (χ3n) is 5.37. The molecule has 3 N–H and O–H groups in total. The summed E-state index contributed by atoms with van der Waals surface area (Å²) in [4.78, 5) is 12.6. The molecular weight excluding hydrogens is 452 g/mol. The quantitative estimate of drug-likeness (QED) is 0.400. The highest BCUT2D eigenvalue weighted by atomic mass is 32.2. The van der Waals surface area contributed by atoms with Gasteiger partial charge in [0.2, 0.25) is 15.9 Å². The molecule has 2 aromatic rings. The van der Waals surface area contributed by atoms with Crippen molar-refractivity contribution in [2.24, 2.45) is 11.8 Å². The van der Waals surface area contributed by atoms with Crippen molar-refractivity contribution in [1.29, 1.82) is 0 Å². The third kappa shape index (κ3) is 8.74. The van der Waals surface area contributed by atoms with Gasteiger partial charge in [0.25, 0.3) is 0 Å². The van der Waals surface area contributed by atoms with Crippen LogP contribution in [0.3, 0.4) is 0 Å². The van der Waals surface area contributed by atoms with E-state index in [9.17, 15) is 18.3 Å². The average molecular weight is 491 g/mol. The Morgan fingerprint density at radius 2 is 1.68 bits per heavy atom. The molecular formula is C26H38N2O5S. The fourth-order valence-corrected chi connectivity index (χ4v) is 5.03. The predicted molar refractivity (Wildman–Crippen MR) is 134 cm³/mol. The highest BCUT2D eigenvalue weighted by molar-refractivity contribution is 7.89. The molecule has 0 aliphatic carbocycles. The van der Waals surface area contributed by atoms with E-state index < -0.39 is 22.2 Å². The monoisotopic (exact) mass is 490 g/mol. The zero-order chi connectivity index (χ0) is 25.3. The fourth-order valence-electron chi connectivity index (χ4n) is 3.75. The number of carbonyl (C=O) groups excluding carboxylic acids is 1. The van der Waals surface area contributed by atoms with Crippen molar-refractivity contribution in [3.05, 3.63) is 59.7 Å². The van der Waals surface area contributed by atoms with Crippen molar-refractivity contribution in [3.8, 4) is 5.75 Å². The van der Waals surface area contributed by atoms with Gasteiger partial charge in [-0.05, 0) is 54.0 Å². The first kappa shape index (κ1) is 27.8. The van der Waals surface area contributed by atoms with Crippen LogP contribution in [0.15, 0.2) is 53.4 Å². The van der Waals surface area contributed by atoms with E-state index in [0.717, 1.165) is 5.56 Å². The van der Waals surface area contributed by atoms with Crippen LogP contribution >= 0.6 is 0 Å². The number of amides is 1. The van der Waals surface area contributed by atoms with Gasteiger partial charge in [-0.1, -0.05) is 58.0 Å². The van der Waals surface area contributed by atoms with Gasteiger partial charge < -0.3 is 15.2 Å². The summed E-state index contributed by atoms with van der Waals surface area (Å²) in [6.07, 6.45) is 0.165. The van der Waals surface area contributed by atoms with Crippen molar-refractivity contribution in [3.63, 3.8) is 0 Å². The summed E-state index contributed by atoms with van der Waals surface area (Å²) >= 11 is 0. The number of hydrogen-bond donors (Lipinski definition) is 3. The number of methoxy groups -OCH3 is 1. The Kier molecular flexibility index (Phi) is 10.5. The number of hydrogen-bond acceptors (Lipinski definition) is 5. The average Bonchev–Trinajstić information content (AvgIpc) is 2.76. The number of aliphatic hydroxyl groups excluding tert-OH is 1. The maximum atomic E-state index is 13.1. The topological polar surface area (TPSA) is 105 Å². The number of carbonyl (C=O) groups is 1. The summed E-state index contributed by atoms with van der Waals surface area (Å²) in [5.41, 5.74) is 1.59. The summed E-state index contributed by atoms with van der Waals surface area (Å²) in [5.74, 6) is 0.832. The van der Waals surface area contributed by atoms with Crippen molar-refractivity contribution in [2.75, 3.05) is 13.7 Å². The van der Waals surface area contributed by atoms with Gasteiger partial charge in [-0.15, -0.1) is 0 Å². The van der Waals surface area contributed by atoms with Crippen molar-refractivity contribution in [1.82, 2.24) is 10.0 Å². The minimum Gasteiger partial charge on any atom is -0.497 e. The van der Waals surface area contributed by atoms with Gasteiger partial charge in [-0.25, -0.2) is 13.1 Å². The molecule has 0 saturated heterocycles. The largest absolute Gasteiger partial charge is 0.497 e. The maximum Gasteiger partial charge on any atom is 0.240 e. The summed E-state index contributed by atoms with van der Waals surface area (Å²) in [6.45, 7) is 7.69. The van der Waals surface area contributed by atoms with Crippen LogP contribution in [0.25, 0.3) is 0 Å². The predicted octanol–water partition coefficient (Wildman–Crippen LogP) is 3.31. The molecule has 0 spiro atoms. The van der Waals surface area contributed by atoms with E-state index in [-0.39, 0.29) is 29.2 Å². The molecule has 7 nitrogen and oxygen atoms in total. The molecule has 0 radical (unpaired) electrons. The van der Waals surface area contributed by atoms with Gasteiger partial charge in [-0.3, -0.25) is 4.79 Å². The standard InChI is InChI=1S/C26H38N2O5S/c1-18(2)13-21-16-22(33-5)11-12-25(21)34(31,32)27-17-24(29)23(28-26(30)14-19(3)4)15-20-9-7-6-8-10-20/h6-12,16,18-19,23-24,27,29H,13-15,17H2,1-5H3,(H,28,30)/t23-,24+/m0/s1. The number of sulfonamides is 1. The van der Waals surface area contributed by atoms with E-state index in [1.54, 1.807) is 12.1 Å². The Bertz CT molecular complexity index is 1020. The molecule has 0 bridgehead atoms. The van der Waals surface area contributed by atoms with E-state index >= 15 is 0 Å². The van der Waals surface area contributed by atoms with Crippen LogP contribution in [0.2, 0.25) is 0 Å². The lowest BCUT2D eigenvalue weighted by Crippen LogP contribution is -2.49. The molecule has 0 heterocycles. The number of aliphatic hydroxyl groups is 1. The fraction of sp³-hybridized carbons (Fsp3) is 0.500. The Hall–Kier alpha value is -2.42. The van der Waals surface area contributed by atoms with Crippen LogP contribution in [-0.4, -0.2) is 45.2 Å². The van der Waals surface area contributed by atoms with Crippen LogP contribution in [0.5, 0.6) is 5.75 Å². The summed E-state index contributed by atoms with van der Waals surface area (Å²) < 4.78 is 34.1. The Balaban J connectivity index is 2.19. The minimum absolute atomic E-state index is 0.164. The first-order valence-electron chi connectivity index (χ1n) is 11.7. The summed E-state index contributed by atoms with van der Waals surface area (Å²) in [5, 5.41) is 13.8. The first-order chi connectivity index (χ1) is 16.0. The van der Waals surface area contributed by atoms with Crippen molar-refractivity contribution in [2.45, 2.75) is 64.0 Å². The number of benzene rings is 2. The lowest BCUT2D eigenvalue weighted by Gasteiger charge is -2.25. The van der Waals surface area contributed by atoms with Crippen molar-refractivity contribution < 1.29 is 23.1 Å². The van der Waals surface area contributed by atoms with Crippen LogP contribution in [0.4, 0.5) is 0 Å². The maximum absolute atomic E-state index is 13.1. The Morgan fingerprint density at radius 1 is 1.00 bits per heavy atom. The molecule has 0 unspecified atom stereocenters. The third-order valence-corrected chi connectivity index (χ3v) is 6.89. The number of rotatable bonds is 13. The van der Waals surface area contributed by atoms with Gasteiger partial charge in [0.1, 0.15) is 5.75 Å². The molecule has 188 valence electrons. The summed E-state index contributed by atoms with van der Waals surface area (Å²) in [7, 11) is -2.35. The van der Waals surface area contributed by atoms with Crippen LogP contribution < -0.4 is 14.8 Å². The molecule has 2 atom stereocenters. The molecule has 2 rings (SSSR count). The molecule has 1 amide bonds. The first-order valence-corrected chi connectivity index (χ1v) is 13.2. The van der Waals surface area contributed by atoms with E-state index in [2.05, 4.69) is 10.0 Å². The van der Waals surface area contributed by atoms with Gasteiger partial charge in [0.15, 0.2) is 0 Å². The second-order valence-corrected chi connectivity index (χ2v) is 11.2. The lowest BCUT2D eigenvalue weighted by molar-refractivity contribution is -0.123. The van der Waals surface area contributed by atoms with Gasteiger partial charge >= 0.3 is 0 Å². The van der Waals surface area contributed by atoms with Crippen molar-refractivity contribution >= 4 is 15.9 Å². The normalized spacial score (nSPS) is 13.6. The molecule has 0 saturated carbocycles. The van der Waals surface area contributed by atoms with Crippen LogP contribution in [0.1, 0.15) is 45.2 Å². The molecule has 0 aliphatic heterocycles. The molecule has 2 aromatic carbocycles. The molecule has 0 fully saturated rings. The summed E-state index contributed by atoms with van der Waals surface area (Å²) in [6, 6.07) is 13.7. The SMILES string of the molecule is COc1ccc(S(=O)(=O)NC[C@@H](O)[C@H](Cc2ccccc2)NC(=O)CC(C)C)c(CC(C)C)c1. The van der Waals surface area contributed by atoms with Crippen LogP contribution in [-0.2, 0) is 27.7 Å². The zero-order valence-corrected chi connectivity index (χ0v) is 21.6. The minimum atomic E-state index is -3.89. The van der Waals surface area contributed by atoms with E-state index in [0.29, 0.717) is 30.6 Å². The van der Waals surface area contributed by atoms with E-state index in [1.807, 2.05) is 58.0 Å². The molecule has 0 aliphatic rings. The number of nitrogens with one attached hydrogen (secondary N) is 2. The van der Waals surface area contributed by atoms with Gasteiger partial charge in [0.05, 0.1) is 24.2 Å². The van der Waals surface area contributed by atoms with E-state index in [1.165, 1.54) is 13.2 Å². The Morgan fingerprint density at radius 3 is 2.26 bits per heavy atom. The zero-order valence-electron chi connectivity index (χ0n) is 20.7. The van der Waals surface area contributed by atoms with E-state index in [4.69, 9.17) is 4.74 Å². The molecule has 8 heteroatoms.